The van der Waals surface area contributed by atoms with Crippen LogP contribution in [0.15, 0.2) is 29.2 Å². The third-order valence-electron chi connectivity index (χ3n) is 2.58. The third-order valence-corrected chi connectivity index (χ3v) is 3.53. The zero-order valence-electron chi connectivity index (χ0n) is 11.8. The molecule has 0 saturated carbocycles. The standard InChI is InChI=1S/C12H5F10NO2S/c13-9(14,11(17,18)19)7(24)23-5-1-3-6(4-2-5)26-8(25)10(15,16)12(20,21)22/h1-4H,(H,23,24). The molecule has 1 N–H and O–H groups in total. The van der Waals surface area contributed by atoms with E-state index in [2.05, 4.69) is 0 Å². The van der Waals surface area contributed by atoms with Crippen molar-refractivity contribution in [1.29, 1.82) is 0 Å². The lowest BCUT2D eigenvalue weighted by atomic mass is 10.2. The zero-order chi connectivity index (χ0) is 20.6. The highest BCUT2D eigenvalue weighted by Crippen LogP contribution is 2.41. The van der Waals surface area contributed by atoms with E-state index in [1.807, 2.05) is 0 Å². The number of carbonyl (C=O) groups is 2. The van der Waals surface area contributed by atoms with Crippen molar-refractivity contribution < 1.29 is 53.5 Å². The maximum absolute atomic E-state index is 12.8. The molecule has 14 heteroatoms. The fraction of sp³-hybridized carbons (Fsp3) is 0.333. The van der Waals surface area contributed by atoms with E-state index in [-0.39, 0.29) is 0 Å². The number of rotatable bonds is 4. The summed E-state index contributed by atoms with van der Waals surface area (Å²) in [5, 5.41) is -1.39. The highest BCUT2D eigenvalue weighted by atomic mass is 32.2. The van der Waals surface area contributed by atoms with Crippen LogP contribution in [0.1, 0.15) is 0 Å². The Bertz CT molecular complexity index is 622. The quantitative estimate of drug-likeness (QED) is 0.574. The van der Waals surface area contributed by atoms with Crippen molar-refractivity contribution in [1.82, 2.24) is 0 Å². The van der Waals surface area contributed by atoms with Crippen LogP contribution in [0, 0.1) is 0 Å². The van der Waals surface area contributed by atoms with Gasteiger partial charge in [0.1, 0.15) is 0 Å². The van der Waals surface area contributed by atoms with Crippen molar-refractivity contribution in [3.05, 3.63) is 24.3 Å². The molecule has 1 amide bonds. The number of hydrogen-bond acceptors (Lipinski definition) is 3. The highest BCUT2D eigenvalue weighted by molar-refractivity contribution is 8.13. The Hall–Kier alpha value is -1.99. The van der Waals surface area contributed by atoms with Crippen LogP contribution >= 0.6 is 11.8 Å². The number of hydrogen-bond donors (Lipinski definition) is 1. The van der Waals surface area contributed by atoms with Gasteiger partial charge in [0, 0.05) is 10.6 Å². The summed E-state index contributed by atoms with van der Waals surface area (Å²) in [6, 6.07) is 2.59. The second-order valence-corrected chi connectivity index (χ2v) is 5.56. The van der Waals surface area contributed by atoms with Crippen molar-refractivity contribution in [2.45, 2.75) is 29.1 Å². The lowest BCUT2D eigenvalue weighted by molar-refractivity contribution is -0.267. The van der Waals surface area contributed by atoms with Crippen molar-refractivity contribution in [3.63, 3.8) is 0 Å². The van der Waals surface area contributed by atoms with Crippen LogP contribution in [0.3, 0.4) is 0 Å². The summed E-state index contributed by atoms with van der Waals surface area (Å²) < 4.78 is 123. The number of thioether (sulfide) groups is 1. The molecule has 0 bridgehead atoms. The van der Waals surface area contributed by atoms with E-state index in [1.165, 1.54) is 5.32 Å². The first-order chi connectivity index (χ1) is 11.5. The molecule has 0 radical (unpaired) electrons. The molecule has 1 aromatic rings. The molecule has 0 aliphatic carbocycles. The van der Waals surface area contributed by atoms with Gasteiger partial charge in [-0.3, -0.25) is 9.59 Å². The van der Waals surface area contributed by atoms with Gasteiger partial charge < -0.3 is 5.32 Å². The smallest absolute Gasteiger partial charge is 0.321 e. The van der Waals surface area contributed by atoms with Crippen LogP contribution in [-0.2, 0) is 9.59 Å². The van der Waals surface area contributed by atoms with Crippen molar-refractivity contribution in [2.75, 3.05) is 5.32 Å². The second-order valence-electron chi connectivity index (χ2n) is 4.51. The summed E-state index contributed by atoms with van der Waals surface area (Å²) in [4.78, 5) is 21.4. The van der Waals surface area contributed by atoms with Gasteiger partial charge in [0.15, 0.2) is 0 Å². The van der Waals surface area contributed by atoms with Crippen LogP contribution in [0.4, 0.5) is 49.6 Å². The van der Waals surface area contributed by atoms with Gasteiger partial charge in [-0.2, -0.15) is 43.9 Å². The largest absolute Gasteiger partial charge is 0.463 e. The molecule has 0 aliphatic heterocycles. The molecule has 0 heterocycles. The van der Waals surface area contributed by atoms with Crippen LogP contribution in [0.2, 0.25) is 0 Å². The van der Waals surface area contributed by atoms with Gasteiger partial charge in [0.05, 0.1) is 0 Å². The maximum atomic E-state index is 12.8. The number of halogens is 10. The Morgan fingerprint density at radius 1 is 0.731 bits per heavy atom. The molecule has 0 aliphatic rings. The van der Waals surface area contributed by atoms with E-state index >= 15 is 0 Å². The van der Waals surface area contributed by atoms with Crippen molar-refractivity contribution in [2.24, 2.45) is 0 Å². The Morgan fingerprint density at radius 3 is 1.54 bits per heavy atom. The van der Waals surface area contributed by atoms with Gasteiger partial charge in [0.2, 0.25) is 0 Å². The number of amides is 1. The van der Waals surface area contributed by atoms with E-state index in [0.29, 0.717) is 24.3 Å². The van der Waals surface area contributed by atoms with Crippen LogP contribution in [0.5, 0.6) is 0 Å². The molecule has 26 heavy (non-hydrogen) atoms. The normalized spacial score (nSPS) is 13.5. The summed E-state index contributed by atoms with van der Waals surface area (Å²) in [5.41, 5.74) is -0.640. The first-order valence-electron chi connectivity index (χ1n) is 6.03. The summed E-state index contributed by atoms with van der Waals surface area (Å²) in [5.74, 6) is -14.1. The fourth-order valence-corrected chi connectivity index (χ4v) is 1.96. The topological polar surface area (TPSA) is 46.2 Å². The Kier molecular flexibility index (Phi) is 5.91. The van der Waals surface area contributed by atoms with Gasteiger partial charge in [0.25, 0.3) is 5.12 Å². The van der Waals surface area contributed by atoms with Gasteiger partial charge in [-0.05, 0) is 36.0 Å². The summed E-state index contributed by atoms with van der Waals surface area (Å²) >= 11 is -0.535. The number of benzene rings is 1. The summed E-state index contributed by atoms with van der Waals surface area (Å²) in [6.45, 7) is 0. The van der Waals surface area contributed by atoms with E-state index in [9.17, 15) is 53.5 Å². The molecule has 0 saturated heterocycles. The Labute approximate surface area is 141 Å². The predicted molar refractivity (Wildman–Crippen MR) is 67.9 cm³/mol. The van der Waals surface area contributed by atoms with Gasteiger partial charge >= 0.3 is 30.1 Å². The first kappa shape index (κ1) is 22.1. The fourth-order valence-electron chi connectivity index (χ4n) is 1.23. The monoisotopic (exact) mass is 417 g/mol. The average Bonchev–Trinajstić information content (AvgIpc) is 2.46. The second kappa shape index (κ2) is 6.96. The molecule has 1 aromatic carbocycles. The van der Waals surface area contributed by atoms with Gasteiger partial charge in [-0.1, -0.05) is 0 Å². The molecule has 146 valence electrons. The molecule has 0 spiro atoms. The zero-order valence-corrected chi connectivity index (χ0v) is 12.6. The number of anilines is 1. The lowest BCUT2D eigenvalue weighted by Crippen LogP contribution is -2.47. The van der Waals surface area contributed by atoms with Gasteiger partial charge in [-0.15, -0.1) is 0 Å². The first-order valence-corrected chi connectivity index (χ1v) is 6.84. The van der Waals surface area contributed by atoms with Crippen LogP contribution in [0.25, 0.3) is 0 Å². The van der Waals surface area contributed by atoms with Crippen molar-refractivity contribution >= 4 is 28.5 Å². The minimum atomic E-state index is -6.16. The van der Waals surface area contributed by atoms with Gasteiger partial charge in [-0.25, -0.2) is 0 Å². The molecule has 0 aromatic heterocycles. The highest BCUT2D eigenvalue weighted by Gasteiger charge is 2.64. The Balaban J connectivity index is 2.85. The minimum absolute atomic E-state index is 0.500. The molecular formula is C12H5F10NO2S. The molecule has 3 nitrogen and oxygen atoms in total. The molecular weight excluding hydrogens is 412 g/mol. The van der Waals surface area contributed by atoms with Crippen LogP contribution in [-0.4, -0.2) is 35.2 Å². The molecule has 1 rings (SSSR count). The minimum Gasteiger partial charge on any atom is -0.321 e. The number of carbonyl (C=O) groups excluding carboxylic acids is 2. The summed E-state index contributed by atoms with van der Waals surface area (Å²) in [7, 11) is 0. The van der Waals surface area contributed by atoms with E-state index in [1.54, 1.807) is 0 Å². The Morgan fingerprint density at radius 2 is 1.15 bits per heavy atom. The number of nitrogens with one attached hydrogen (secondary N) is 1. The third kappa shape index (κ3) is 4.59. The lowest BCUT2D eigenvalue weighted by Gasteiger charge is -2.19. The van der Waals surface area contributed by atoms with Crippen molar-refractivity contribution in [3.8, 4) is 0 Å². The number of alkyl halides is 10. The maximum Gasteiger partial charge on any atom is 0.463 e. The summed E-state index contributed by atoms with van der Waals surface area (Å²) in [6.07, 6.45) is -12.3. The van der Waals surface area contributed by atoms with Crippen LogP contribution < -0.4 is 5.32 Å². The SMILES string of the molecule is O=C(Nc1ccc(SC(=O)C(F)(F)C(F)(F)F)cc1)C(F)(F)C(F)(F)F. The van der Waals surface area contributed by atoms with E-state index < -0.39 is 57.6 Å². The van der Waals surface area contributed by atoms with E-state index in [0.717, 1.165) is 0 Å². The molecule has 0 fully saturated rings. The molecule has 0 atom stereocenters. The predicted octanol–water partition coefficient (Wildman–Crippen LogP) is 4.64. The van der Waals surface area contributed by atoms with E-state index in [4.69, 9.17) is 0 Å². The average molecular weight is 417 g/mol. The molecule has 0 unspecified atom stereocenters.